The van der Waals surface area contributed by atoms with Crippen LogP contribution in [-0.2, 0) is 0 Å². The van der Waals surface area contributed by atoms with Gasteiger partial charge in [0.05, 0.1) is 11.0 Å². The molecule has 0 saturated carbocycles. The van der Waals surface area contributed by atoms with Crippen LogP contribution in [0.4, 0.5) is 0 Å². The largest absolute Gasteiger partial charge is 0.327 e. The molecule has 1 aromatic carbocycles. The van der Waals surface area contributed by atoms with Crippen molar-refractivity contribution in [3.05, 3.63) is 48.3 Å². The summed E-state index contributed by atoms with van der Waals surface area (Å²) in [4.78, 5) is 8.24. The highest BCUT2D eigenvalue weighted by atomic mass is 33.1. The quantitative estimate of drug-likeness (QED) is 0.561. The van der Waals surface area contributed by atoms with E-state index in [1.165, 1.54) is 0 Å². The Bertz CT molecular complexity index is 388. The molecular weight excluding hydrogens is 226 g/mol. The number of para-hydroxylation sites is 2. The molecule has 2 heterocycles. The first-order chi connectivity index (χ1) is 7.47. The summed E-state index contributed by atoms with van der Waals surface area (Å²) in [6.45, 7) is 0. The summed E-state index contributed by atoms with van der Waals surface area (Å²) >= 11 is 0. The van der Waals surface area contributed by atoms with Crippen molar-refractivity contribution in [1.29, 1.82) is 0 Å². The second kappa shape index (κ2) is 5.63. The summed E-state index contributed by atoms with van der Waals surface area (Å²) in [5.74, 6) is 0. The van der Waals surface area contributed by atoms with Gasteiger partial charge in [-0.3, -0.25) is 9.97 Å². The third-order valence-corrected chi connectivity index (χ3v) is 3.15. The van der Waals surface area contributed by atoms with Crippen molar-refractivity contribution in [2.75, 3.05) is 0 Å². The summed E-state index contributed by atoms with van der Waals surface area (Å²) in [6, 6.07) is 7.80. The summed E-state index contributed by atoms with van der Waals surface area (Å²) in [6.07, 6.45) is 5.31. The zero-order valence-corrected chi connectivity index (χ0v) is 9.46. The maximum atomic E-state index is 4.12. The fourth-order valence-electron chi connectivity index (χ4n) is 1.05. The monoisotopic (exact) mass is 235 g/mol. The average Bonchev–Trinajstić information content (AvgIpc) is 2.88. The van der Waals surface area contributed by atoms with E-state index in [4.69, 9.17) is 0 Å². The molecule has 0 aliphatic carbocycles. The molecule has 15 heavy (non-hydrogen) atoms. The molecule has 0 fully saturated rings. The molecule has 5 heteroatoms. The van der Waals surface area contributed by atoms with E-state index in [2.05, 4.69) is 14.7 Å². The van der Waals surface area contributed by atoms with Crippen LogP contribution < -0.4 is 4.72 Å². The minimum atomic E-state index is 0.949. The van der Waals surface area contributed by atoms with Crippen LogP contribution in [0, 0.1) is 0 Å². The second-order valence-corrected chi connectivity index (χ2v) is 4.59. The lowest BCUT2D eigenvalue weighted by atomic mass is 10.3. The van der Waals surface area contributed by atoms with Crippen LogP contribution in [0.2, 0.25) is 0 Å². The van der Waals surface area contributed by atoms with Gasteiger partial charge in [0.15, 0.2) is 0 Å². The fraction of sp³-hybridized carbons (Fsp3) is 0. The molecule has 2 aromatic rings. The molecule has 0 saturated heterocycles. The van der Waals surface area contributed by atoms with Gasteiger partial charge in [-0.25, -0.2) is 0 Å². The first-order valence-corrected chi connectivity index (χ1v) is 6.57. The zero-order valence-electron chi connectivity index (χ0n) is 7.83. The molecular formula is C10H9N3S2. The SMILES string of the molecule is C1=CSSN1.c1ccc2nccnc2c1. The minimum absolute atomic E-state index is 0.949. The molecule has 0 bridgehead atoms. The number of benzene rings is 1. The highest BCUT2D eigenvalue weighted by Crippen LogP contribution is 2.22. The third kappa shape index (κ3) is 3.14. The fourth-order valence-corrected chi connectivity index (χ4v) is 2.16. The Morgan fingerprint density at radius 1 is 1.00 bits per heavy atom. The Balaban J connectivity index is 0.000000144. The zero-order chi connectivity index (χ0) is 10.3. The van der Waals surface area contributed by atoms with Crippen molar-refractivity contribution in [3.8, 4) is 0 Å². The van der Waals surface area contributed by atoms with E-state index in [1.54, 1.807) is 34.2 Å². The molecule has 0 amide bonds. The smallest absolute Gasteiger partial charge is 0.0886 e. The number of fused-ring (bicyclic) bond motifs is 1. The van der Waals surface area contributed by atoms with Crippen molar-refractivity contribution >= 4 is 32.8 Å². The first-order valence-electron chi connectivity index (χ1n) is 4.35. The first kappa shape index (κ1) is 10.3. The predicted octanol–water partition coefficient (Wildman–Crippen LogP) is 2.99. The molecule has 0 unspecified atom stereocenters. The van der Waals surface area contributed by atoms with Crippen LogP contribution in [0.15, 0.2) is 48.3 Å². The lowest BCUT2D eigenvalue weighted by Gasteiger charge is -1.90. The highest BCUT2D eigenvalue weighted by molar-refractivity contribution is 8.77. The molecule has 1 aliphatic heterocycles. The number of hydrogen-bond donors (Lipinski definition) is 1. The maximum Gasteiger partial charge on any atom is 0.0886 e. The van der Waals surface area contributed by atoms with E-state index in [9.17, 15) is 0 Å². The second-order valence-electron chi connectivity index (χ2n) is 2.65. The number of aromatic nitrogens is 2. The van der Waals surface area contributed by atoms with Gasteiger partial charge in [-0.05, 0) is 22.9 Å². The van der Waals surface area contributed by atoms with Crippen LogP contribution in [0.25, 0.3) is 11.0 Å². The lowest BCUT2D eigenvalue weighted by Crippen LogP contribution is -1.78. The highest BCUT2D eigenvalue weighted by Gasteiger charge is 1.88. The Morgan fingerprint density at radius 2 is 1.67 bits per heavy atom. The number of hydrogen-bond acceptors (Lipinski definition) is 5. The predicted molar refractivity (Wildman–Crippen MR) is 67.0 cm³/mol. The van der Waals surface area contributed by atoms with E-state index in [-0.39, 0.29) is 0 Å². The Kier molecular flexibility index (Phi) is 3.87. The van der Waals surface area contributed by atoms with Crippen LogP contribution >= 0.6 is 21.8 Å². The molecule has 1 aromatic heterocycles. The standard InChI is InChI=1S/C8H6N2.C2H3NS2/c1-2-4-8-7(3-1)9-5-6-10-8;1-2-4-5-3-1/h1-6H;1-3H. The molecule has 3 rings (SSSR count). The molecule has 1 N–H and O–H groups in total. The Morgan fingerprint density at radius 3 is 2.07 bits per heavy atom. The summed E-state index contributed by atoms with van der Waals surface area (Å²) in [5.41, 5.74) is 1.90. The van der Waals surface area contributed by atoms with Crippen LogP contribution in [0.1, 0.15) is 0 Å². The van der Waals surface area contributed by atoms with Gasteiger partial charge in [-0.15, -0.1) is 0 Å². The Labute approximate surface area is 95.9 Å². The van der Waals surface area contributed by atoms with Crippen molar-refractivity contribution in [2.24, 2.45) is 0 Å². The molecule has 0 radical (unpaired) electrons. The molecule has 0 spiro atoms. The summed E-state index contributed by atoms with van der Waals surface area (Å²) in [7, 11) is 3.33. The van der Waals surface area contributed by atoms with Crippen molar-refractivity contribution in [2.45, 2.75) is 0 Å². The number of nitrogens with zero attached hydrogens (tertiary/aromatic N) is 2. The van der Waals surface area contributed by atoms with Crippen LogP contribution in [0.3, 0.4) is 0 Å². The average molecular weight is 235 g/mol. The maximum absolute atomic E-state index is 4.12. The van der Waals surface area contributed by atoms with E-state index >= 15 is 0 Å². The molecule has 3 nitrogen and oxygen atoms in total. The van der Waals surface area contributed by atoms with Crippen LogP contribution in [0.5, 0.6) is 0 Å². The summed E-state index contributed by atoms with van der Waals surface area (Å²) in [5, 5.41) is 2.00. The van der Waals surface area contributed by atoms with Gasteiger partial charge in [-0.1, -0.05) is 12.1 Å². The summed E-state index contributed by atoms with van der Waals surface area (Å²) < 4.78 is 2.92. The molecule has 0 atom stereocenters. The van der Waals surface area contributed by atoms with Gasteiger partial charge < -0.3 is 4.72 Å². The van der Waals surface area contributed by atoms with Gasteiger partial charge in [0.1, 0.15) is 0 Å². The molecule has 1 aliphatic rings. The lowest BCUT2D eigenvalue weighted by molar-refractivity contribution is 1.29. The van der Waals surface area contributed by atoms with Gasteiger partial charge in [0, 0.05) is 35.0 Å². The van der Waals surface area contributed by atoms with E-state index in [0.29, 0.717) is 0 Å². The Hall–Kier alpha value is -1.20. The van der Waals surface area contributed by atoms with Gasteiger partial charge in [0.2, 0.25) is 0 Å². The van der Waals surface area contributed by atoms with Gasteiger partial charge in [0.25, 0.3) is 0 Å². The van der Waals surface area contributed by atoms with Gasteiger partial charge >= 0.3 is 0 Å². The number of nitrogens with one attached hydrogen (secondary N) is 1. The van der Waals surface area contributed by atoms with Crippen molar-refractivity contribution in [1.82, 2.24) is 14.7 Å². The number of rotatable bonds is 0. The minimum Gasteiger partial charge on any atom is -0.327 e. The van der Waals surface area contributed by atoms with Gasteiger partial charge in [-0.2, -0.15) is 0 Å². The van der Waals surface area contributed by atoms with Crippen molar-refractivity contribution in [3.63, 3.8) is 0 Å². The molecule has 76 valence electrons. The van der Waals surface area contributed by atoms with E-state index < -0.39 is 0 Å². The van der Waals surface area contributed by atoms with E-state index in [0.717, 1.165) is 11.0 Å². The van der Waals surface area contributed by atoms with Crippen LogP contribution in [-0.4, -0.2) is 9.97 Å². The normalized spacial score (nSPS) is 13.1. The third-order valence-electron chi connectivity index (χ3n) is 1.66. The van der Waals surface area contributed by atoms with Crippen molar-refractivity contribution < 1.29 is 0 Å². The topological polar surface area (TPSA) is 37.8 Å². The van der Waals surface area contributed by atoms with E-state index in [1.807, 2.05) is 35.9 Å².